The van der Waals surface area contributed by atoms with Crippen LogP contribution in [0, 0.1) is 6.92 Å². The lowest BCUT2D eigenvalue weighted by Gasteiger charge is -2.07. The normalized spacial score (nSPS) is 10.2. The predicted octanol–water partition coefficient (Wildman–Crippen LogP) is 2.56. The van der Waals surface area contributed by atoms with E-state index in [9.17, 15) is 4.79 Å². The number of nitrogens with zero attached hydrogens (tertiary/aromatic N) is 1. The maximum absolute atomic E-state index is 12.0. The van der Waals surface area contributed by atoms with E-state index >= 15 is 0 Å². The standard InChI is InChI=1S/C14H14ClN3O/c1-9-3-2-4-11(18-9)8-17-14(19)12-6-5-10(16)7-13(12)15/h2-7H,8,16H2,1H3,(H,17,19). The average molecular weight is 276 g/mol. The number of nitrogens with two attached hydrogens (primary N) is 1. The van der Waals surface area contributed by atoms with Crippen molar-refractivity contribution in [2.24, 2.45) is 0 Å². The lowest BCUT2D eigenvalue weighted by molar-refractivity contribution is 0.0950. The van der Waals surface area contributed by atoms with Gasteiger partial charge in [0.05, 0.1) is 22.8 Å². The third-order valence-corrected chi connectivity index (χ3v) is 2.93. The van der Waals surface area contributed by atoms with Crippen molar-refractivity contribution >= 4 is 23.2 Å². The van der Waals surface area contributed by atoms with Crippen molar-refractivity contribution in [2.45, 2.75) is 13.5 Å². The lowest BCUT2D eigenvalue weighted by Crippen LogP contribution is -2.23. The molecule has 0 aliphatic heterocycles. The van der Waals surface area contributed by atoms with Gasteiger partial charge in [0.1, 0.15) is 0 Å². The Labute approximate surface area is 116 Å². The molecule has 1 aromatic heterocycles. The minimum absolute atomic E-state index is 0.242. The second-order valence-electron chi connectivity index (χ2n) is 4.19. The molecule has 0 aliphatic rings. The number of halogens is 1. The minimum atomic E-state index is -0.242. The first-order chi connectivity index (χ1) is 9.06. The van der Waals surface area contributed by atoms with E-state index in [1.54, 1.807) is 18.2 Å². The molecule has 2 rings (SSSR count). The Bertz CT molecular complexity index is 613. The Morgan fingerprint density at radius 2 is 2.16 bits per heavy atom. The maximum atomic E-state index is 12.0. The topological polar surface area (TPSA) is 68.0 Å². The number of hydrogen-bond donors (Lipinski definition) is 2. The molecule has 1 aromatic carbocycles. The summed E-state index contributed by atoms with van der Waals surface area (Å²) in [5.74, 6) is -0.242. The van der Waals surface area contributed by atoms with Gasteiger partial charge in [-0.3, -0.25) is 9.78 Å². The molecular weight excluding hydrogens is 262 g/mol. The molecule has 0 bridgehead atoms. The molecule has 0 unspecified atom stereocenters. The first-order valence-corrected chi connectivity index (χ1v) is 6.20. The van der Waals surface area contributed by atoms with Crippen LogP contribution in [-0.4, -0.2) is 10.9 Å². The molecule has 19 heavy (non-hydrogen) atoms. The summed E-state index contributed by atoms with van der Waals surface area (Å²) in [4.78, 5) is 16.3. The molecule has 0 spiro atoms. The smallest absolute Gasteiger partial charge is 0.253 e. The van der Waals surface area contributed by atoms with Gasteiger partial charge in [0.2, 0.25) is 0 Å². The molecule has 0 radical (unpaired) electrons. The fraction of sp³-hybridized carbons (Fsp3) is 0.143. The van der Waals surface area contributed by atoms with Crippen LogP contribution in [0.3, 0.4) is 0 Å². The van der Waals surface area contributed by atoms with E-state index in [1.165, 1.54) is 0 Å². The van der Waals surface area contributed by atoms with Gasteiger partial charge in [0, 0.05) is 11.4 Å². The molecule has 5 heteroatoms. The van der Waals surface area contributed by atoms with Gasteiger partial charge in [-0.05, 0) is 37.3 Å². The van der Waals surface area contributed by atoms with Crippen LogP contribution in [0.15, 0.2) is 36.4 Å². The number of carbonyl (C=O) groups excluding carboxylic acids is 1. The number of carbonyl (C=O) groups is 1. The van der Waals surface area contributed by atoms with E-state index in [-0.39, 0.29) is 5.91 Å². The number of aryl methyl sites for hydroxylation is 1. The van der Waals surface area contributed by atoms with E-state index in [1.807, 2.05) is 25.1 Å². The third kappa shape index (κ3) is 3.45. The second-order valence-corrected chi connectivity index (χ2v) is 4.60. The first-order valence-electron chi connectivity index (χ1n) is 5.82. The Kier molecular flexibility index (Phi) is 4.02. The zero-order valence-electron chi connectivity index (χ0n) is 10.5. The van der Waals surface area contributed by atoms with E-state index < -0.39 is 0 Å². The van der Waals surface area contributed by atoms with Gasteiger partial charge in [0.15, 0.2) is 0 Å². The zero-order chi connectivity index (χ0) is 13.8. The van der Waals surface area contributed by atoms with Gasteiger partial charge in [-0.15, -0.1) is 0 Å². The zero-order valence-corrected chi connectivity index (χ0v) is 11.2. The van der Waals surface area contributed by atoms with Crippen molar-refractivity contribution in [3.8, 4) is 0 Å². The van der Waals surface area contributed by atoms with Gasteiger partial charge >= 0.3 is 0 Å². The Morgan fingerprint density at radius 3 is 2.84 bits per heavy atom. The van der Waals surface area contributed by atoms with Crippen LogP contribution in [0.2, 0.25) is 5.02 Å². The highest BCUT2D eigenvalue weighted by Crippen LogP contribution is 2.19. The fourth-order valence-electron chi connectivity index (χ4n) is 1.68. The molecule has 0 aliphatic carbocycles. The number of anilines is 1. The van der Waals surface area contributed by atoms with Crippen LogP contribution in [-0.2, 0) is 6.54 Å². The van der Waals surface area contributed by atoms with Crippen LogP contribution in [0.5, 0.6) is 0 Å². The molecule has 3 N–H and O–H groups in total. The Morgan fingerprint density at radius 1 is 1.37 bits per heavy atom. The summed E-state index contributed by atoms with van der Waals surface area (Å²) in [6, 6.07) is 10.5. The van der Waals surface area contributed by atoms with Crippen LogP contribution < -0.4 is 11.1 Å². The average Bonchev–Trinajstić information content (AvgIpc) is 2.36. The summed E-state index contributed by atoms with van der Waals surface area (Å²) in [7, 11) is 0. The summed E-state index contributed by atoms with van der Waals surface area (Å²) in [5.41, 5.74) is 8.24. The van der Waals surface area contributed by atoms with Gasteiger partial charge in [0.25, 0.3) is 5.91 Å². The number of nitrogens with one attached hydrogen (secondary N) is 1. The third-order valence-electron chi connectivity index (χ3n) is 2.61. The number of rotatable bonds is 3. The summed E-state index contributed by atoms with van der Waals surface area (Å²) in [6.07, 6.45) is 0. The molecule has 1 heterocycles. The lowest BCUT2D eigenvalue weighted by atomic mass is 10.2. The molecule has 98 valence electrons. The number of benzene rings is 1. The van der Waals surface area contributed by atoms with Crippen LogP contribution >= 0.6 is 11.6 Å². The molecule has 2 aromatic rings. The molecule has 0 saturated heterocycles. The predicted molar refractivity (Wildman–Crippen MR) is 76.0 cm³/mol. The molecule has 4 nitrogen and oxygen atoms in total. The quantitative estimate of drug-likeness (QED) is 0.846. The number of pyridine rings is 1. The summed E-state index contributed by atoms with van der Waals surface area (Å²) < 4.78 is 0. The van der Waals surface area contributed by atoms with E-state index in [0.29, 0.717) is 22.8 Å². The Balaban J connectivity index is 2.05. The van der Waals surface area contributed by atoms with Crippen molar-refractivity contribution in [3.05, 3.63) is 58.4 Å². The van der Waals surface area contributed by atoms with Gasteiger partial charge in [-0.1, -0.05) is 17.7 Å². The van der Waals surface area contributed by atoms with E-state index in [0.717, 1.165) is 11.4 Å². The van der Waals surface area contributed by atoms with Crippen molar-refractivity contribution in [2.75, 3.05) is 5.73 Å². The molecule has 0 saturated carbocycles. The largest absolute Gasteiger partial charge is 0.399 e. The fourth-order valence-corrected chi connectivity index (χ4v) is 1.95. The Hall–Kier alpha value is -2.07. The van der Waals surface area contributed by atoms with Crippen molar-refractivity contribution in [1.29, 1.82) is 0 Å². The van der Waals surface area contributed by atoms with Crippen LogP contribution in [0.25, 0.3) is 0 Å². The van der Waals surface area contributed by atoms with Crippen molar-refractivity contribution < 1.29 is 4.79 Å². The van der Waals surface area contributed by atoms with Gasteiger partial charge in [-0.25, -0.2) is 0 Å². The highest BCUT2D eigenvalue weighted by atomic mass is 35.5. The van der Waals surface area contributed by atoms with Crippen molar-refractivity contribution in [1.82, 2.24) is 10.3 Å². The minimum Gasteiger partial charge on any atom is -0.399 e. The molecular formula is C14H14ClN3O. The van der Waals surface area contributed by atoms with Gasteiger partial charge in [-0.2, -0.15) is 0 Å². The monoisotopic (exact) mass is 275 g/mol. The molecule has 1 amide bonds. The van der Waals surface area contributed by atoms with E-state index in [4.69, 9.17) is 17.3 Å². The van der Waals surface area contributed by atoms with Gasteiger partial charge < -0.3 is 11.1 Å². The van der Waals surface area contributed by atoms with Crippen molar-refractivity contribution in [3.63, 3.8) is 0 Å². The molecule has 0 fully saturated rings. The highest BCUT2D eigenvalue weighted by molar-refractivity contribution is 6.34. The summed E-state index contributed by atoms with van der Waals surface area (Å²) >= 11 is 5.97. The van der Waals surface area contributed by atoms with Crippen LogP contribution in [0.4, 0.5) is 5.69 Å². The summed E-state index contributed by atoms with van der Waals surface area (Å²) in [6.45, 7) is 2.27. The number of amides is 1. The van der Waals surface area contributed by atoms with E-state index in [2.05, 4.69) is 10.3 Å². The first kappa shape index (κ1) is 13.4. The second kappa shape index (κ2) is 5.71. The molecule has 0 atom stereocenters. The summed E-state index contributed by atoms with van der Waals surface area (Å²) in [5, 5.41) is 3.12. The maximum Gasteiger partial charge on any atom is 0.253 e. The van der Waals surface area contributed by atoms with Crippen LogP contribution in [0.1, 0.15) is 21.7 Å². The number of aromatic nitrogens is 1. The highest BCUT2D eigenvalue weighted by Gasteiger charge is 2.10. The number of hydrogen-bond acceptors (Lipinski definition) is 3. The SMILES string of the molecule is Cc1cccc(CNC(=O)c2ccc(N)cc2Cl)n1. The number of nitrogen functional groups attached to an aromatic ring is 1.